The van der Waals surface area contributed by atoms with Crippen molar-refractivity contribution >= 4 is 47.7 Å². The van der Waals surface area contributed by atoms with Gasteiger partial charge in [0, 0.05) is 36.2 Å². The second kappa shape index (κ2) is 13.4. The first-order valence-electron chi connectivity index (χ1n) is 15.6. The number of carbonyl (C=O) groups excluding carboxylic acids is 2. The van der Waals surface area contributed by atoms with Crippen LogP contribution in [0.4, 0.5) is 4.79 Å². The maximum atomic E-state index is 13.8. The van der Waals surface area contributed by atoms with Gasteiger partial charge in [-0.15, -0.1) is 23.1 Å². The standard InChI is InChI=1S/C32H37BN2O6S2.C2H6/c1-19-27-21(7-6-8-24(27)33(38)41-19)22-16-26(43-29(22)42-5)28(36)35-13-11-32(12-14-35)18-39-25-10-9-20(15-23(25)32)17-34-30(37)40-31(2,3)4;1-2/h6-10,15-16,19,38H,11-14,17-18H2,1-5H3,(H,34,37);1-2H3. The number of rotatable bonds is 5. The van der Waals surface area contributed by atoms with E-state index < -0.39 is 18.8 Å². The van der Waals surface area contributed by atoms with Crippen molar-refractivity contribution in [3.05, 3.63) is 64.0 Å². The molecule has 45 heavy (non-hydrogen) atoms. The lowest BCUT2D eigenvalue weighted by atomic mass is 9.74. The molecule has 2 aromatic carbocycles. The number of likely N-dealkylation sites (tertiary alicyclic amines) is 1. The van der Waals surface area contributed by atoms with Gasteiger partial charge in [-0.3, -0.25) is 4.79 Å². The van der Waals surface area contributed by atoms with Crippen molar-refractivity contribution in [3.8, 4) is 16.9 Å². The van der Waals surface area contributed by atoms with Gasteiger partial charge >= 0.3 is 13.2 Å². The van der Waals surface area contributed by atoms with Crippen molar-refractivity contribution < 1.29 is 28.7 Å². The lowest BCUT2D eigenvalue weighted by Crippen LogP contribution is -2.45. The Kier molecular flexibility index (Phi) is 9.94. The monoisotopic (exact) mass is 650 g/mol. The Morgan fingerprint density at radius 2 is 1.89 bits per heavy atom. The summed E-state index contributed by atoms with van der Waals surface area (Å²) in [7, 11) is -0.926. The summed E-state index contributed by atoms with van der Waals surface area (Å²) in [5, 5.41) is 13.2. The smallest absolute Gasteiger partial charge is 0.491 e. The third-order valence-corrected chi connectivity index (χ3v) is 10.8. The number of piperidine rings is 1. The summed E-state index contributed by atoms with van der Waals surface area (Å²) in [5.74, 6) is 0.930. The number of thioether (sulfide) groups is 1. The van der Waals surface area contributed by atoms with Crippen LogP contribution in [0.2, 0.25) is 0 Å². The number of fused-ring (bicyclic) bond motifs is 3. The number of nitrogens with one attached hydrogen (secondary N) is 1. The van der Waals surface area contributed by atoms with Gasteiger partial charge < -0.3 is 29.4 Å². The van der Waals surface area contributed by atoms with Crippen molar-refractivity contribution in [2.24, 2.45) is 0 Å². The van der Waals surface area contributed by atoms with Gasteiger partial charge in [0.25, 0.3) is 5.91 Å². The van der Waals surface area contributed by atoms with Gasteiger partial charge in [-0.1, -0.05) is 38.1 Å². The Bertz CT molecular complexity index is 1560. The second-order valence-corrected chi connectivity index (χ2v) is 14.6. The fraction of sp³-hybridized carbons (Fsp3) is 0.471. The van der Waals surface area contributed by atoms with E-state index in [2.05, 4.69) is 11.4 Å². The first kappa shape index (κ1) is 33.4. The van der Waals surface area contributed by atoms with Crippen LogP contribution in [0.25, 0.3) is 11.1 Å². The summed E-state index contributed by atoms with van der Waals surface area (Å²) in [6, 6.07) is 14.0. The highest BCUT2D eigenvalue weighted by Gasteiger charge is 2.44. The Labute approximate surface area is 275 Å². The van der Waals surface area contributed by atoms with Gasteiger partial charge in [-0.05, 0) is 87.1 Å². The number of thiophene rings is 1. The zero-order valence-corrected chi connectivity index (χ0v) is 28.8. The molecule has 0 saturated carbocycles. The average Bonchev–Trinajstić information content (AvgIpc) is 3.70. The van der Waals surface area contributed by atoms with E-state index in [9.17, 15) is 14.6 Å². The van der Waals surface area contributed by atoms with Crippen molar-refractivity contribution in [2.75, 3.05) is 26.0 Å². The van der Waals surface area contributed by atoms with Gasteiger partial charge in [-0.25, -0.2) is 4.79 Å². The molecule has 1 spiro atoms. The molecule has 3 aliphatic rings. The Balaban J connectivity index is 0.00000196. The molecule has 1 unspecified atom stereocenters. The molecule has 240 valence electrons. The molecule has 3 aromatic rings. The van der Waals surface area contributed by atoms with E-state index in [1.807, 2.05) is 89.1 Å². The number of hydrogen-bond donors (Lipinski definition) is 2. The van der Waals surface area contributed by atoms with Gasteiger partial charge in [0.1, 0.15) is 11.4 Å². The van der Waals surface area contributed by atoms with E-state index in [1.165, 1.54) is 11.3 Å². The number of hydrogen-bond acceptors (Lipinski definition) is 8. The summed E-state index contributed by atoms with van der Waals surface area (Å²) in [5.41, 5.74) is 5.25. The van der Waals surface area contributed by atoms with E-state index in [0.717, 1.165) is 61.0 Å². The molecule has 8 nitrogen and oxygen atoms in total. The van der Waals surface area contributed by atoms with Crippen LogP contribution in [0.3, 0.4) is 0 Å². The highest BCUT2D eigenvalue weighted by molar-refractivity contribution is 8.00. The van der Waals surface area contributed by atoms with Crippen molar-refractivity contribution in [1.82, 2.24) is 10.2 Å². The van der Waals surface area contributed by atoms with Crippen LogP contribution in [0.5, 0.6) is 5.75 Å². The maximum Gasteiger partial charge on any atom is 0.491 e. The quantitative estimate of drug-likeness (QED) is 0.239. The van der Waals surface area contributed by atoms with Crippen LogP contribution in [0.15, 0.2) is 46.7 Å². The normalized spacial score (nSPS) is 18.1. The van der Waals surface area contributed by atoms with E-state index in [4.69, 9.17) is 14.1 Å². The second-order valence-electron chi connectivity index (χ2n) is 12.5. The first-order chi connectivity index (χ1) is 21.5. The van der Waals surface area contributed by atoms with Crippen molar-refractivity contribution in [3.63, 3.8) is 0 Å². The highest BCUT2D eigenvalue weighted by atomic mass is 32.2. The zero-order chi connectivity index (χ0) is 32.5. The Morgan fingerprint density at radius 1 is 1.16 bits per heavy atom. The number of ether oxygens (including phenoxy) is 2. The zero-order valence-electron chi connectivity index (χ0n) is 27.2. The minimum Gasteiger partial charge on any atom is -0.492 e. The molecule has 2 amide bonds. The predicted octanol–water partition coefficient (Wildman–Crippen LogP) is 6.53. The number of nitrogens with zero attached hydrogens (tertiary/aromatic N) is 1. The van der Waals surface area contributed by atoms with Crippen molar-refractivity contribution in [1.29, 1.82) is 0 Å². The van der Waals surface area contributed by atoms with Crippen LogP contribution >= 0.6 is 23.1 Å². The molecule has 0 aliphatic carbocycles. The molecular weight excluding hydrogens is 607 g/mol. The van der Waals surface area contributed by atoms with Crippen LogP contribution in [0, 0.1) is 0 Å². The molecule has 1 saturated heterocycles. The van der Waals surface area contributed by atoms with E-state index >= 15 is 0 Å². The topological polar surface area (TPSA) is 97.3 Å². The Morgan fingerprint density at radius 3 is 2.58 bits per heavy atom. The fourth-order valence-electron chi connectivity index (χ4n) is 6.36. The minimum absolute atomic E-state index is 0.0489. The fourth-order valence-corrected chi connectivity index (χ4v) is 8.22. The molecule has 11 heteroatoms. The largest absolute Gasteiger partial charge is 0.492 e. The summed E-state index contributed by atoms with van der Waals surface area (Å²) in [6.07, 6.45) is 2.98. The third-order valence-electron chi connectivity index (χ3n) is 8.49. The number of alkyl carbamates (subject to hydrolysis) is 1. The maximum absolute atomic E-state index is 13.8. The van der Waals surface area contributed by atoms with E-state index in [0.29, 0.717) is 26.2 Å². The van der Waals surface area contributed by atoms with Crippen LogP contribution in [-0.4, -0.2) is 60.6 Å². The van der Waals surface area contributed by atoms with Gasteiger partial charge in [0.2, 0.25) is 0 Å². The molecule has 4 heterocycles. The van der Waals surface area contributed by atoms with Gasteiger partial charge in [0.05, 0.1) is 21.8 Å². The molecule has 0 radical (unpaired) electrons. The van der Waals surface area contributed by atoms with Gasteiger partial charge in [0.15, 0.2) is 0 Å². The molecule has 1 aromatic heterocycles. The molecule has 1 atom stereocenters. The number of carbonyl (C=O) groups is 2. The molecule has 2 N–H and O–H groups in total. The van der Waals surface area contributed by atoms with E-state index in [1.54, 1.807) is 11.8 Å². The van der Waals surface area contributed by atoms with Crippen LogP contribution in [0.1, 0.15) is 86.9 Å². The first-order valence-corrected chi connectivity index (χ1v) is 17.7. The highest BCUT2D eigenvalue weighted by Crippen LogP contribution is 2.47. The third kappa shape index (κ3) is 6.77. The lowest BCUT2D eigenvalue weighted by Gasteiger charge is -2.38. The SMILES string of the molecule is CC.CSc1sc(C(=O)N2CCC3(CC2)COc2ccc(CNC(=O)OC(C)(C)C)cc23)cc1-c1cccc2c1C(C)OB2O. The Hall–Kier alpha value is -2.99. The minimum atomic E-state index is -0.926. The molecule has 0 bridgehead atoms. The number of amides is 2. The average molecular weight is 651 g/mol. The van der Waals surface area contributed by atoms with Crippen LogP contribution in [-0.2, 0) is 21.4 Å². The molecule has 1 fully saturated rings. The molecule has 3 aliphatic heterocycles. The summed E-state index contributed by atoms with van der Waals surface area (Å²) in [4.78, 5) is 28.6. The van der Waals surface area contributed by atoms with Crippen LogP contribution < -0.4 is 15.5 Å². The molecular formula is C34H43BN2O6S2. The van der Waals surface area contributed by atoms with E-state index in [-0.39, 0.29) is 17.4 Å². The molecule has 6 rings (SSSR count). The van der Waals surface area contributed by atoms with Crippen molar-refractivity contribution in [2.45, 2.75) is 82.3 Å². The summed E-state index contributed by atoms with van der Waals surface area (Å²) >= 11 is 3.16. The summed E-state index contributed by atoms with van der Waals surface area (Å²) in [6.45, 7) is 13.7. The van der Waals surface area contributed by atoms with Gasteiger partial charge in [-0.2, -0.15) is 0 Å². The predicted molar refractivity (Wildman–Crippen MR) is 182 cm³/mol. The summed E-state index contributed by atoms with van der Waals surface area (Å²) < 4.78 is 18.2. The lowest BCUT2D eigenvalue weighted by molar-refractivity contribution is 0.0523. The number of benzene rings is 2.